The summed E-state index contributed by atoms with van der Waals surface area (Å²) in [6.45, 7) is 3.81. The minimum absolute atomic E-state index is 0.0709. The minimum Gasteiger partial charge on any atom is -0.344 e. The molecule has 118 valence electrons. The van der Waals surface area contributed by atoms with Crippen LogP contribution in [0.25, 0.3) is 0 Å². The molecule has 0 aliphatic carbocycles. The van der Waals surface area contributed by atoms with Gasteiger partial charge in [0.2, 0.25) is 5.78 Å². The van der Waals surface area contributed by atoms with Crippen LogP contribution in [0.5, 0.6) is 0 Å². The monoisotopic (exact) mass is 306 g/mol. The van der Waals surface area contributed by atoms with E-state index in [0.717, 1.165) is 5.56 Å². The zero-order chi connectivity index (χ0) is 15.4. The van der Waals surface area contributed by atoms with E-state index in [1.807, 2.05) is 30.3 Å². The van der Waals surface area contributed by atoms with E-state index in [9.17, 15) is 4.79 Å². The Morgan fingerprint density at radius 3 is 2.55 bits per heavy atom. The first kappa shape index (κ1) is 14.3. The number of carbonyl (C=O) groups is 1. The second-order valence-corrected chi connectivity index (χ2v) is 6.19. The minimum atomic E-state index is -1.38. The maximum absolute atomic E-state index is 12.8. The van der Waals surface area contributed by atoms with Crippen molar-refractivity contribution in [2.45, 2.75) is 43.9 Å². The van der Waals surface area contributed by atoms with Gasteiger partial charge in [-0.1, -0.05) is 30.3 Å². The Labute approximate surface area is 128 Å². The van der Waals surface area contributed by atoms with Gasteiger partial charge in [0.25, 0.3) is 5.79 Å². The van der Waals surface area contributed by atoms with Crippen molar-refractivity contribution in [2.75, 3.05) is 13.2 Å². The van der Waals surface area contributed by atoms with Crippen molar-refractivity contribution in [3.05, 3.63) is 35.9 Å². The van der Waals surface area contributed by atoms with Crippen LogP contribution < -0.4 is 0 Å². The number of carbonyl (C=O) groups excluding carboxylic acids is 1. The third-order valence-corrected chi connectivity index (χ3v) is 4.11. The molecular formula is C16H18O6. The highest BCUT2D eigenvalue weighted by Crippen LogP contribution is 2.42. The Bertz CT molecular complexity index is 586. The highest BCUT2D eigenvalue weighted by Gasteiger charge is 2.61. The fourth-order valence-corrected chi connectivity index (χ4v) is 3.03. The van der Waals surface area contributed by atoms with Crippen LogP contribution >= 0.6 is 0 Å². The van der Waals surface area contributed by atoms with E-state index in [4.69, 9.17) is 23.7 Å². The summed E-state index contributed by atoms with van der Waals surface area (Å²) in [5.74, 6) is -2.49. The summed E-state index contributed by atoms with van der Waals surface area (Å²) in [5.41, 5.74) is 0.877. The molecule has 1 aromatic rings. The van der Waals surface area contributed by atoms with Crippen molar-refractivity contribution in [1.29, 1.82) is 0 Å². The number of ether oxygens (including phenoxy) is 5. The van der Waals surface area contributed by atoms with Crippen molar-refractivity contribution in [2.24, 2.45) is 0 Å². The predicted octanol–water partition coefficient (Wildman–Crippen LogP) is 1.55. The molecule has 0 aromatic heterocycles. The lowest BCUT2D eigenvalue weighted by Crippen LogP contribution is -2.58. The lowest BCUT2D eigenvalue weighted by atomic mass is 9.99. The molecule has 22 heavy (non-hydrogen) atoms. The van der Waals surface area contributed by atoms with Crippen molar-refractivity contribution in [1.82, 2.24) is 0 Å². The van der Waals surface area contributed by atoms with E-state index >= 15 is 0 Å². The molecule has 6 nitrogen and oxygen atoms in total. The smallest absolute Gasteiger partial charge is 0.258 e. The molecule has 3 aliphatic rings. The van der Waals surface area contributed by atoms with E-state index in [-0.39, 0.29) is 19.0 Å². The van der Waals surface area contributed by atoms with E-state index in [0.29, 0.717) is 0 Å². The van der Waals surface area contributed by atoms with Crippen LogP contribution in [0, 0.1) is 0 Å². The van der Waals surface area contributed by atoms with Crippen molar-refractivity contribution in [3.63, 3.8) is 0 Å². The van der Waals surface area contributed by atoms with Gasteiger partial charge in [0.15, 0.2) is 18.2 Å². The average Bonchev–Trinajstić information content (AvgIpc) is 3.07. The molecule has 4 atom stereocenters. The lowest BCUT2D eigenvalue weighted by molar-refractivity contribution is -0.263. The van der Waals surface area contributed by atoms with Crippen LogP contribution in [0.15, 0.2) is 30.3 Å². The third-order valence-electron chi connectivity index (χ3n) is 4.11. The molecular weight excluding hydrogens is 288 g/mol. The van der Waals surface area contributed by atoms with Crippen LogP contribution in [-0.4, -0.2) is 42.8 Å². The van der Waals surface area contributed by atoms with Gasteiger partial charge < -0.3 is 23.7 Å². The Hall–Kier alpha value is -1.31. The Morgan fingerprint density at radius 2 is 1.86 bits per heavy atom. The molecule has 0 amide bonds. The molecule has 3 fully saturated rings. The summed E-state index contributed by atoms with van der Waals surface area (Å²) in [4.78, 5) is 12.8. The van der Waals surface area contributed by atoms with E-state index in [1.165, 1.54) is 0 Å². The van der Waals surface area contributed by atoms with Gasteiger partial charge in [0.1, 0.15) is 12.7 Å². The summed E-state index contributed by atoms with van der Waals surface area (Å²) in [7, 11) is 0. The van der Waals surface area contributed by atoms with E-state index in [2.05, 4.69) is 0 Å². The summed E-state index contributed by atoms with van der Waals surface area (Å²) in [6, 6.07) is 9.53. The second kappa shape index (κ2) is 4.84. The first-order chi connectivity index (χ1) is 10.5. The number of ketones is 1. The molecule has 0 saturated carbocycles. The van der Waals surface area contributed by atoms with Crippen molar-refractivity contribution < 1.29 is 28.5 Å². The zero-order valence-corrected chi connectivity index (χ0v) is 12.5. The molecule has 1 spiro atoms. The Morgan fingerprint density at radius 1 is 1.09 bits per heavy atom. The quantitative estimate of drug-likeness (QED) is 0.784. The molecule has 0 N–H and O–H groups in total. The molecule has 3 saturated heterocycles. The molecule has 0 bridgehead atoms. The molecule has 0 radical (unpaired) electrons. The highest BCUT2D eigenvalue weighted by atomic mass is 16.8. The lowest BCUT2D eigenvalue weighted by Gasteiger charge is -2.35. The van der Waals surface area contributed by atoms with Gasteiger partial charge in [-0.05, 0) is 13.8 Å². The summed E-state index contributed by atoms with van der Waals surface area (Å²) in [6.07, 6.45) is -1.68. The summed E-state index contributed by atoms with van der Waals surface area (Å²) >= 11 is 0. The number of rotatable bonds is 1. The highest BCUT2D eigenvalue weighted by molar-refractivity contribution is 5.92. The Kier molecular flexibility index (Phi) is 3.15. The van der Waals surface area contributed by atoms with Crippen molar-refractivity contribution >= 4 is 5.78 Å². The van der Waals surface area contributed by atoms with Crippen molar-refractivity contribution in [3.8, 4) is 0 Å². The van der Waals surface area contributed by atoms with E-state index in [1.54, 1.807) is 13.8 Å². The third kappa shape index (κ3) is 2.19. The van der Waals surface area contributed by atoms with Crippen LogP contribution in [-0.2, 0) is 28.5 Å². The largest absolute Gasteiger partial charge is 0.344 e. The zero-order valence-electron chi connectivity index (χ0n) is 12.5. The maximum atomic E-state index is 12.8. The number of hydrogen-bond donors (Lipinski definition) is 0. The van der Waals surface area contributed by atoms with Crippen LogP contribution in [0.3, 0.4) is 0 Å². The van der Waals surface area contributed by atoms with Gasteiger partial charge in [0, 0.05) is 5.56 Å². The summed E-state index contributed by atoms with van der Waals surface area (Å²) in [5, 5.41) is 0. The maximum Gasteiger partial charge on any atom is 0.258 e. The van der Waals surface area contributed by atoms with Gasteiger partial charge in [-0.25, -0.2) is 0 Å². The molecule has 3 aliphatic heterocycles. The number of Topliss-reactive ketones (excluding diaryl/α,β-unsaturated/α-hetero) is 1. The fourth-order valence-electron chi connectivity index (χ4n) is 3.03. The van der Waals surface area contributed by atoms with Crippen LogP contribution in [0.4, 0.5) is 0 Å². The van der Waals surface area contributed by atoms with Crippen LogP contribution in [0.2, 0.25) is 0 Å². The standard InChI is InChI=1S/C16H18O6/c1-15(2)19-9-16(22-15)13(17)12-11(8-18-16)20-14(21-12)10-6-4-3-5-7-10/h3-7,11-12,14H,8-9H2,1-2H3/t11-,12-,14?,16+/m1/s1. The topological polar surface area (TPSA) is 63.2 Å². The van der Waals surface area contributed by atoms with Gasteiger partial charge in [-0.2, -0.15) is 0 Å². The predicted molar refractivity (Wildman–Crippen MR) is 73.7 cm³/mol. The molecule has 6 heteroatoms. The van der Waals surface area contributed by atoms with Crippen LogP contribution in [0.1, 0.15) is 25.7 Å². The van der Waals surface area contributed by atoms with Gasteiger partial charge >= 0.3 is 0 Å². The number of benzene rings is 1. The number of hydrogen-bond acceptors (Lipinski definition) is 6. The normalized spacial score (nSPS) is 40.1. The number of fused-ring (bicyclic) bond motifs is 1. The molecule has 3 heterocycles. The molecule has 1 aromatic carbocycles. The van der Waals surface area contributed by atoms with Gasteiger partial charge in [-0.15, -0.1) is 0 Å². The fraction of sp³-hybridized carbons (Fsp3) is 0.562. The first-order valence-corrected chi connectivity index (χ1v) is 7.37. The second-order valence-electron chi connectivity index (χ2n) is 6.19. The molecule has 4 rings (SSSR count). The Balaban J connectivity index is 1.55. The van der Waals surface area contributed by atoms with E-state index < -0.39 is 30.1 Å². The van der Waals surface area contributed by atoms with Gasteiger partial charge in [0.05, 0.1) is 6.61 Å². The first-order valence-electron chi connectivity index (χ1n) is 7.37. The average molecular weight is 306 g/mol. The van der Waals surface area contributed by atoms with Gasteiger partial charge in [-0.3, -0.25) is 4.79 Å². The summed E-state index contributed by atoms with van der Waals surface area (Å²) < 4.78 is 28.5. The SMILES string of the molecule is CC1(C)OC[C@]2(OC[C@H]3OC(c4ccccc4)O[C@H]3C2=O)O1. The molecule has 1 unspecified atom stereocenters.